The molecule has 8 nitrogen and oxygen atoms in total. The summed E-state index contributed by atoms with van der Waals surface area (Å²) in [6.45, 7) is 0.0856. The molecule has 0 saturated carbocycles. The number of nitrogens with zero attached hydrogens (tertiary/aromatic N) is 2. The first kappa shape index (κ1) is 20.5. The van der Waals surface area contributed by atoms with Crippen LogP contribution in [-0.4, -0.2) is 25.1 Å². The highest BCUT2D eigenvalue weighted by atomic mass is 127. The number of nitrogens with one attached hydrogen (secondary N) is 1. The molecular weight excluding hydrogens is 439 g/mol. The standard InChI is InChI=1S/C16H18N4O4.HI/c1-23-12-7-8-15(24-2)13(9-12)19-16(17)18-10-11-5-3-4-6-14(11)20(21)22;/h3-9H,10H2,1-2H3,(H3,17,18,19);1H. The topological polar surface area (TPSA) is 112 Å². The molecule has 9 heteroatoms. The zero-order valence-electron chi connectivity index (χ0n) is 13.8. The zero-order chi connectivity index (χ0) is 17.5. The number of nitrogens with two attached hydrogens (primary N) is 1. The van der Waals surface area contributed by atoms with Gasteiger partial charge in [-0.05, 0) is 12.1 Å². The SMILES string of the molecule is COc1ccc(OC)c(NC(N)=NCc2ccccc2[N+](=O)[O-])c1.I. The van der Waals surface area contributed by atoms with Gasteiger partial charge < -0.3 is 20.5 Å². The van der Waals surface area contributed by atoms with Gasteiger partial charge in [0.1, 0.15) is 11.5 Å². The first-order valence-corrected chi connectivity index (χ1v) is 7.06. The van der Waals surface area contributed by atoms with Crippen molar-refractivity contribution in [1.82, 2.24) is 0 Å². The van der Waals surface area contributed by atoms with Crippen LogP contribution in [0, 0.1) is 10.1 Å². The molecule has 25 heavy (non-hydrogen) atoms. The smallest absolute Gasteiger partial charge is 0.274 e. The molecule has 134 valence electrons. The van der Waals surface area contributed by atoms with Gasteiger partial charge in [-0.2, -0.15) is 0 Å². The quantitative estimate of drug-likeness (QED) is 0.226. The van der Waals surface area contributed by atoms with Crippen LogP contribution >= 0.6 is 24.0 Å². The molecule has 0 heterocycles. The van der Waals surface area contributed by atoms with Crippen LogP contribution in [0.1, 0.15) is 5.56 Å². The van der Waals surface area contributed by atoms with Crippen molar-refractivity contribution in [1.29, 1.82) is 0 Å². The lowest BCUT2D eigenvalue weighted by atomic mass is 10.2. The molecule has 2 aromatic carbocycles. The number of hydrogen-bond donors (Lipinski definition) is 2. The highest BCUT2D eigenvalue weighted by Crippen LogP contribution is 2.28. The molecule has 2 aromatic rings. The van der Waals surface area contributed by atoms with Crippen LogP contribution in [-0.2, 0) is 6.54 Å². The molecule has 0 radical (unpaired) electrons. The van der Waals surface area contributed by atoms with Crippen LogP contribution in [0.25, 0.3) is 0 Å². The lowest BCUT2D eigenvalue weighted by Gasteiger charge is -2.12. The summed E-state index contributed by atoms with van der Waals surface area (Å²) in [4.78, 5) is 14.7. The Morgan fingerprint density at radius 2 is 1.96 bits per heavy atom. The molecule has 3 N–H and O–H groups in total. The Balaban J connectivity index is 0.00000312. The van der Waals surface area contributed by atoms with Gasteiger partial charge in [0.2, 0.25) is 0 Å². The molecule has 0 aliphatic rings. The number of anilines is 1. The Morgan fingerprint density at radius 1 is 1.24 bits per heavy atom. The summed E-state index contributed by atoms with van der Waals surface area (Å²) in [5.74, 6) is 1.31. The van der Waals surface area contributed by atoms with Crippen molar-refractivity contribution in [2.45, 2.75) is 6.54 Å². The number of hydrogen-bond acceptors (Lipinski definition) is 5. The number of nitro groups is 1. The maximum atomic E-state index is 11.0. The second kappa shape index (κ2) is 9.67. The maximum Gasteiger partial charge on any atom is 0.274 e. The van der Waals surface area contributed by atoms with E-state index in [9.17, 15) is 10.1 Å². The summed E-state index contributed by atoms with van der Waals surface area (Å²) in [7, 11) is 3.09. The number of aliphatic imine (C=N–C) groups is 1. The number of halogens is 1. The van der Waals surface area contributed by atoms with E-state index in [-0.39, 0.29) is 42.2 Å². The lowest BCUT2D eigenvalue weighted by molar-refractivity contribution is -0.385. The molecule has 0 saturated heterocycles. The predicted octanol–water partition coefficient (Wildman–Crippen LogP) is 3.16. The van der Waals surface area contributed by atoms with Crippen LogP contribution in [0.2, 0.25) is 0 Å². The van der Waals surface area contributed by atoms with Crippen molar-refractivity contribution in [3.05, 3.63) is 58.1 Å². The number of methoxy groups -OCH3 is 2. The number of guanidine groups is 1. The predicted molar refractivity (Wildman–Crippen MR) is 107 cm³/mol. The molecule has 0 aliphatic carbocycles. The average Bonchev–Trinajstić information content (AvgIpc) is 2.60. The van der Waals surface area contributed by atoms with E-state index in [1.165, 1.54) is 13.2 Å². The molecule has 0 fully saturated rings. The van der Waals surface area contributed by atoms with Gasteiger partial charge in [-0.25, -0.2) is 4.99 Å². The highest BCUT2D eigenvalue weighted by molar-refractivity contribution is 14.0. The van der Waals surface area contributed by atoms with Gasteiger partial charge in [0.15, 0.2) is 5.96 Å². The van der Waals surface area contributed by atoms with Gasteiger partial charge >= 0.3 is 0 Å². The van der Waals surface area contributed by atoms with Crippen LogP contribution in [0.4, 0.5) is 11.4 Å². The third-order valence-corrected chi connectivity index (χ3v) is 3.28. The van der Waals surface area contributed by atoms with Crippen molar-refractivity contribution in [2.75, 3.05) is 19.5 Å². The fraction of sp³-hybridized carbons (Fsp3) is 0.188. The largest absolute Gasteiger partial charge is 0.497 e. The summed E-state index contributed by atoms with van der Waals surface area (Å²) in [6.07, 6.45) is 0. The van der Waals surface area contributed by atoms with E-state index in [2.05, 4.69) is 10.3 Å². The van der Waals surface area contributed by atoms with Crippen LogP contribution in [0.15, 0.2) is 47.5 Å². The van der Waals surface area contributed by atoms with Crippen LogP contribution < -0.4 is 20.5 Å². The molecular formula is C16H19IN4O4. The third kappa shape index (κ3) is 5.48. The highest BCUT2D eigenvalue weighted by Gasteiger charge is 2.12. The lowest BCUT2D eigenvalue weighted by Crippen LogP contribution is -2.23. The number of benzene rings is 2. The van der Waals surface area contributed by atoms with Gasteiger partial charge in [-0.1, -0.05) is 18.2 Å². The van der Waals surface area contributed by atoms with Crippen molar-refractivity contribution in [3.63, 3.8) is 0 Å². The maximum absolute atomic E-state index is 11.0. The summed E-state index contributed by atoms with van der Waals surface area (Å²) >= 11 is 0. The molecule has 0 amide bonds. The fourth-order valence-corrected chi connectivity index (χ4v) is 2.08. The van der Waals surface area contributed by atoms with Gasteiger partial charge in [0.25, 0.3) is 5.69 Å². The number of para-hydroxylation sites is 1. The number of nitro benzene ring substituents is 1. The molecule has 0 spiro atoms. The molecule has 0 unspecified atom stereocenters. The van der Waals surface area contributed by atoms with E-state index in [4.69, 9.17) is 15.2 Å². The summed E-state index contributed by atoms with van der Waals surface area (Å²) in [5, 5.41) is 13.9. The van der Waals surface area contributed by atoms with E-state index < -0.39 is 4.92 Å². The van der Waals surface area contributed by atoms with Crippen LogP contribution in [0.3, 0.4) is 0 Å². The van der Waals surface area contributed by atoms with E-state index >= 15 is 0 Å². The van der Waals surface area contributed by atoms with Gasteiger partial charge in [-0.15, -0.1) is 24.0 Å². The Kier molecular flexibility index (Phi) is 7.92. The molecule has 2 rings (SSSR count). The summed E-state index contributed by atoms with van der Waals surface area (Å²) < 4.78 is 10.4. The van der Waals surface area contributed by atoms with E-state index in [1.807, 2.05) is 0 Å². The normalized spacial score (nSPS) is 10.6. The van der Waals surface area contributed by atoms with E-state index in [0.29, 0.717) is 22.7 Å². The van der Waals surface area contributed by atoms with E-state index in [0.717, 1.165) is 0 Å². The summed E-state index contributed by atoms with van der Waals surface area (Å²) in [5.41, 5.74) is 6.94. The van der Waals surface area contributed by atoms with Crippen molar-refractivity contribution < 1.29 is 14.4 Å². The van der Waals surface area contributed by atoms with Gasteiger partial charge in [0, 0.05) is 12.1 Å². The van der Waals surface area contributed by atoms with Crippen molar-refractivity contribution in [2.24, 2.45) is 10.7 Å². The Morgan fingerprint density at radius 3 is 2.60 bits per heavy atom. The second-order valence-electron chi connectivity index (χ2n) is 4.78. The Bertz CT molecular complexity index is 768. The Labute approximate surface area is 162 Å². The molecule has 0 aliphatic heterocycles. The number of ether oxygens (including phenoxy) is 2. The minimum absolute atomic E-state index is 0. The van der Waals surface area contributed by atoms with E-state index in [1.54, 1.807) is 43.5 Å². The molecule has 0 bridgehead atoms. The van der Waals surface area contributed by atoms with Crippen molar-refractivity contribution >= 4 is 41.3 Å². The van der Waals surface area contributed by atoms with Gasteiger partial charge in [0.05, 0.1) is 36.9 Å². The fourth-order valence-electron chi connectivity index (χ4n) is 2.08. The van der Waals surface area contributed by atoms with Crippen molar-refractivity contribution in [3.8, 4) is 11.5 Å². The second-order valence-corrected chi connectivity index (χ2v) is 4.78. The first-order chi connectivity index (χ1) is 11.5. The van der Waals surface area contributed by atoms with Crippen LogP contribution in [0.5, 0.6) is 11.5 Å². The third-order valence-electron chi connectivity index (χ3n) is 3.28. The summed E-state index contributed by atoms with van der Waals surface area (Å²) in [6, 6.07) is 11.6. The van der Waals surface area contributed by atoms with Gasteiger partial charge in [-0.3, -0.25) is 10.1 Å². The Hall–Kier alpha value is -2.56. The monoisotopic (exact) mass is 458 g/mol. The molecule has 0 atom stereocenters. The average molecular weight is 458 g/mol. The first-order valence-electron chi connectivity index (χ1n) is 7.06. The molecule has 0 aromatic heterocycles. The minimum Gasteiger partial charge on any atom is -0.497 e. The minimum atomic E-state index is -0.445. The number of rotatable bonds is 6. The zero-order valence-corrected chi connectivity index (χ0v) is 16.1.